The topological polar surface area (TPSA) is 30.0 Å². The number of carbonyl (C=O) groups excluding carboxylic acids is 1. The molecule has 0 unspecified atom stereocenters. The predicted molar refractivity (Wildman–Crippen MR) is 47.3 cm³/mol. The number of carbonyl (C=O) groups is 1. The molecule has 0 N–H and O–H groups in total. The second kappa shape index (κ2) is 3.88. The molecule has 0 radical (unpaired) electrons. The Balaban J connectivity index is 3.11. The number of nitrogens with zero attached hydrogens (tertiary/aromatic N) is 1. The highest BCUT2D eigenvalue weighted by molar-refractivity contribution is 14.1. The van der Waals surface area contributed by atoms with Crippen molar-refractivity contribution in [3.63, 3.8) is 0 Å². The van der Waals surface area contributed by atoms with E-state index >= 15 is 0 Å². The lowest BCUT2D eigenvalue weighted by Crippen LogP contribution is -1.96. The van der Waals surface area contributed by atoms with E-state index in [0.29, 0.717) is 6.29 Å². The fourth-order valence-electron chi connectivity index (χ4n) is 0.687. The highest BCUT2D eigenvalue weighted by Crippen LogP contribution is 2.22. The molecule has 0 saturated carbocycles. The number of hydrogen-bond acceptors (Lipinski definition) is 2. The van der Waals surface area contributed by atoms with Gasteiger partial charge in [-0.1, -0.05) is 0 Å². The van der Waals surface area contributed by atoms with Crippen LogP contribution in [0.1, 0.15) is 22.5 Å². The number of hydrogen-bond donors (Lipinski definition) is 0. The lowest BCUT2D eigenvalue weighted by atomic mass is 10.3. The van der Waals surface area contributed by atoms with Crippen LogP contribution in [0.3, 0.4) is 0 Å². The lowest BCUT2D eigenvalue weighted by Gasteiger charge is -2.01. The first kappa shape index (κ1) is 9.50. The molecule has 64 valence electrons. The van der Waals surface area contributed by atoms with Gasteiger partial charge in [-0.05, 0) is 34.7 Å². The fourth-order valence-corrected chi connectivity index (χ4v) is 1.38. The van der Waals surface area contributed by atoms with Crippen LogP contribution in [-0.4, -0.2) is 11.3 Å². The molecule has 0 aliphatic heterocycles. The van der Waals surface area contributed by atoms with Crippen molar-refractivity contribution in [1.29, 1.82) is 0 Å². The molecule has 1 aromatic rings. The number of rotatable bonds is 2. The van der Waals surface area contributed by atoms with Gasteiger partial charge in [-0.2, -0.15) is 0 Å². The van der Waals surface area contributed by atoms with E-state index < -0.39 is 6.43 Å². The van der Waals surface area contributed by atoms with E-state index in [9.17, 15) is 13.6 Å². The van der Waals surface area contributed by atoms with Gasteiger partial charge in [0, 0.05) is 5.56 Å². The summed E-state index contributed by atoms with van der Waals surface area (Å²) in [5, 5.41) is 0. The average molecular weight is 283 g/mol. The maximum atomic E-state index is 12.1. The van der Waals surface area contributed by atoms with E-state index in [1.807, 2.05) is 0 Å². The molecule has 0 bridgehead atoms. The van der Waals surface area contributed by atoms with Crippen LogP contribution in [0.15, 0.2) is 12.1 Å². The van der Waals surface area contributed by atoms with Gasteiger partial charge in [0.1, 0.15) is 9.39 Å². The largest absolute Gasteiger partial charge is 0.296 e. The minimum Gasteiger partial charge on any atom is -0.296 e. The van der Waals surface area contributed by atoms with Crippen molar-refractivity contribution in [2.24, 2.45) is 0 Å². The quantitative estimate of drug-likeness (QED) is 0.474. The molecule has 0 aromatic carbocycles. The summed E-state index contributed by atoms with van der Waals surface area (Å²) < 4.78 is 24.4. The summed E-state index contributed by atoms with van der Waals surface area (Å²) in [5.74, 6) is 0. The van der Waals surface area contributed by atoms with Crippen molar-refractivity contribution in [3.8, 4) is 0 Å². The van der Waals surface area contributed by atoms with E-state index in [4.69, 9.17) is 0 Å². The highest BCUT2D eigenvalue weighted by atomic mass is 127. The maximum absolute atomic E-state index is 12.1. The molecule has 1 aromatic heterocycles. The minimum absolute atomic E-state index is 0.138. The third-order valence-electron chi connectivity index (χ3n) is 1.25. The van der Waals surface area contributed by atoms with Crippen LogP contribution in [0.4, 0.5) is 8.78 Å². The zero-order valence-electron chi connectivity index (χ0n) is 5.80. The summed E-state index contributed by atoms with van der Waals surface area (Å²) in [5.41, 5.74) is 0.0324. The molecule has 0 aliphatic rings. The summed E-state index contributed by atoms with van der Waals surface area (Å²) in [4.78, 5) is 13.8. The molecule has 2 nitrogen and oxygen atoms in total. The maximum Gasteiger partial charge on any atom is 0.266 e. The van der Waals surface area contributed by atoms with Gasteiger partial charge in [-0.3, -0.25) is 4.79 Å². The molecule has 0 fully saturated rings. The minimum atomic E-state index is -2.54. The summed E-state index contributed by atoms with van der Waals surface area (Å²) in [6, 6.07) is 2.49. The normalized spacial score (nSPS) is 10.3. The Kier molecular flexibility index (Phi) is 3.07. The van der Waals surface area contributed by atoms with Crippen LogP contribution in [0, 0.1) is 3.70 Å². The van der Waals surface area contributed by atoms with Crippen molar-refractivity contribution in [3.05, 3.63) is 27.1 Å². The van der Waals surface area contributed by atoms with Crippen molar-refractivity contribution in [2.45, 2.75) is 6.43 Å². The number of aromatic nitrogens is 1. The molecule has 0 spiro atoms. The third-order valence-corrected chi connectivity index (χ3v) is 2.12. The third kappa shape index (κ3) is 1.96. The molecule has 1 rings (SSSR count). The standard InChI is InChI=1S/C7H4F2INO/c8-6(9)5-2-1-4(3-12)11-7(5)10/h1-3,6H. The monoisotopic (exact) mass is 283 g/mol. The Hall–Kier alpha value is -0.590. The lowest BCUT2D eigenvalue weighted by molar-refractivity contribution is 0.111. The Morgan fingerprint density at radius 1 is 1.50 bits per heavy atom. The van der Waals surface area contributed by atoms with Gasteiger partial charge in [-0.15, -0.1) is 0 Å². The number of halogens is 3. The molecule has 5 heteroatoms. The van der Waals surface area contributed by atoms with Crippen molar-refractivity contribution in [2.75, 3.05) is 0 Å². The average Bonchev–Trinajstić information content (AvgIpc) is 2.03. The van der Waals surface area contributed by atoms with E-state index in [0.717, 1.165) is 0 Å². The van der Waals surface area contributed by atoms with E-state index in [-0.39, 0.29) is 15.0 Å². The molecular weight excluding hydrogens is 279 g/mol. The predicted octanol–water partition coefficient (Wildman–Crippen LogP) is 2.44. The van der Waals surface area contributed by atoms with E-state index in [1.165, 1.54) is 12.1 Å². The van der Waals surface area contributed by atoms with Gasteiger partial charge in [0.25, 0.3) is 6.43 Å². The zero-order chi connectivity index (χ0) is 9.14. The van der Waals surface area contributed by atoms with Gasteiger partial charge >= 0.3 is 0 Å². The van der Waals surface area contributed by atoms with Crippen molar-refractivity contribution in [1.82, 2.24) is 4.98 Å². The Morgan fingerprint density at radius 3 is 2.58 bits per heavy atom. The smallest absolute Gasteiger partial charge is 0.266 e. The molecule has 1 heterocycles. The Bertz CT molecular complexity index is 303. The first-order valence-electron chi connectivity index (χ1n) is 3.05. The van der Waals surface area contributed by atoms with Crippen LogP contribution >= 0.6 is 22.6 Å². The summed E-state index contributed by atoms with van der Waals surface area (Å²) in [6.07, 6.45) is -2.01. The van der Waals surface area contributed by atoms with Crippen molar-refractivity contribution < 1.29 is 13.6 Å². The Morgan fingerprint density at radius 2 is 2.17 bits per heavy atom. The summed E-state index contributed by atoms with van der Waals surface area (Å²) >= 11 is 1.67. The van der Waals surface area contributed by atoms with E-state index in [1.54, 1.807) is 22.6 Å². The van der Waals surface area contributed by atoms with E-state index in [2.05, 4.69) is 4.98 Å². The zero-order valence-corrected chi connectivity index (χ0v) is 7.96. The van der Waals surface area contributed by atoms with Gasteiger partial charge in [0.15, 0.2) is 6.29 Å². The molecule has 0 aliphatic carbocycles. The van der Waals surface area contributed by atoms with Gasteiger partial charge in [0.05, 0.1) is 0 Å². The highest BCUT2D eigenvalue weighted by Gasteiger charge is 2.12. The second-order valence-electron chi connectivity index (χ2n) is 2.03. The van der Waals surface area contributed by atoms with Gasteiger partial charge < -0.3 is 0 Å². The fraction of sp³-hybridized carbons (Fsp3) is 0.143. The Labute approximate surface area is 81.1 Å². The SMILES string of the molecule is O=Cc1ccc(C(F)F)c(I)n1. The van der Waals surface area contributed by atoms with Crippen LogP contribution in [0.25, 0.3) is 0 Å². The summed E-state index contributed by atoms with van der Waals surface area (Å²) in [6.45, 7) is 0. The number of pyridine rings is 1. The van der Waals surface area contributed by atoms with Crippen LogP contribution < -0.4 is 0 Å². The molecule has 0 atom stereocenters. The van der Waals surface area contributed by atoms with Crippen LogP contribution in [0.2, 0.25) is 0 Å². The molecule has 0 saturated heterocycles. The second-order valence-corrected chi connectivity index (χ2v) is 3.06. The van der Waals surface area contributed by atoms with Gasteiger partial charge in [0.2, 0.25) is 0 Å². The van der Waals surface area contributed by atoms with Crippen molar-refractivity contribution >= 4 is 28.9 Å². The number of alkyl halides is 2. The first-order valence-corrected chi connectivity index (χ1v) is 4.13. The first-order chi connectivity index (χ1) is 5.65. The number of aldehydes is 1. The summed E-state index contributed by atoms with van der Waals surface area (Å²) in [7, 11) is 0. The van der Waals surface area contributed by atoms with Gasteiger partial charge in [-0.25, -0.2) is 13.8 Å². The van der Waals surface area contributed by atoms with Crippen LogP contribution in [0.5, 0.6) is 0 Å². The molecular formula is C7H4F2INO. The molecule has 12 heavy (non-hydrogen) atoms. The molecule has 0 amide bonds. The van der Waals surface area contributed by atoms with Crippen LogP contribution in [-0.2, 0) is 0 Å².